The average molecular weight is 353 g/mol. The van der Waals surface area contributed by atoms with Gasteiger partial charge < -0.3 is 9.67 Å². The Kier molecular flexibility index (Phi) is 5.45. The molecule has 0 saturated heterocycles. The molecule has 0 radical (unpaired) electrons. The molecule has 138 valence electrons. The largest absolute Gasteiger partial charge is 0.477 e. The first-order valence-corrected chi connectivity index (χ1v) is 9.47. The zero-order valence-corrected chi connectivity index (χ0v) is 15.8. The van der Waals surface area contributed by atoms with E-state index in [0.717, 1.165) is 54.6 Å². The average Bonchev–Trinajstić information content (AvgIpc) is 3.16. The lowest BCUT2D eigenvalue weighted by Crippen LogP contribution is -2.09. The van der Waals surface area contributed by atoms with Gasteiger partial charge in [-0.3, -0.25) is 4.68 Å². The van der Waals surface area contributed by atoms with Gasteiger partial charge in [0, 0.05) is 35.2 Å². The third kappa shape index (κ3) is 3.26. The minimum absolute atomic E-state index is 0.262. The zero-order chi connectivity index (χ0) is 18.7. The summed E-state index contributed by atoms with van der Waals surface area (Å²) in [4.78, 5) is 11.7. The maximum atomic E-state index is 11.7. The van der Waals surface area contributed by atoms with E-state index in [-0.39, 0.29) is 5.69 Å². The second-order valence-electron chi connectivity index (χ2n) is 6.78. The molecule has 1 aromatic carbocycles. The number of nitrogens with zero attached hydrogens (tertiary/aromatic N) is 3. The highest BCUT2D eigenvalue weighted by atomic mass is 16.4. The second-order valence-corrected chi connectivity index (χ2v) is 6.78. The van der Waals surface area contributed by atoms with Crippen LogP contribution in [0.15, 0.2) is 30.3 Å². The molecule has 0 fully saturated rings. The molecule has 5 heteroatoms. The number of aromatic carboxylic acids is 1. The highest BCUT2D eigenvalue weighted by molar-refractivity contribution is 5.98. The number of unbranched alkanes of at least 4 members (excludes halogenated alkanes) is 2. The van der Waals surface area contributed by atoms with E-state index in [2.05, 4.69) is 48.6 Å². The van der Waals surface area contributed by atoms with Crippen molar-refractivity contribution in [2.45, 2.75) is 59.5 Å². The van der Waals surface area contributed by atoms with Crippen LogP contribution in [-0.2, 0) is 13.1 Å². The number of aryl methyl sites for hydroxylation is 2. The molecule has 3 rings (SSSR count). The molecule has 0 aliphatic carbocycles. The van der Waals surface area contributed by atoms with Gasteiger partial charge >= 0.3 is 5.97 Å². The summed E-state index contributed by atoms with van der Waals surface area (Å²) in [5.41, 5.74) is 4.40. The lowest BCUT2D eigenvalue weighted by Gasteiger charge is -2.07. The van der Waals surface area contributed by atoms with Gasteiger partial charge in [0.25, 0.3) is 0 Å². The summed E-state index contributed by atoms with van der Waals surface area (Å²) in [6.45, 7) is 7.99. The van der Waals surface area contributed by atoms with Gasteiger partial charge in [-0.05, 0) is 31.9 Å². The van der Waals surface area contributed by atoms with Crippen LogP contribution in [0.2, 0.25) is 0 Å². The summed E-state index contributed by atoms with van der Waals surface area (Å²) >= 11 is 0. The smallest absolute Gasteiger partial charge is 0.354 e. The second kappa shape index (κ2) is 7.77. The first kappa shape index (κ1) is 18.2. The molecule has 5 nitrogen and oxygen atoms in total. The molecule has 0 saturated carbocycles. The summed E-state index contributed by atoms with van der Waals surface area (Å²) in [5.74, 6) is -0.924. The number of aromatic nitrogens is 3. The lowest BCUT2D eigenvalue weighted by molar-refractivity contribution is 0.0683. The van der Waals surface area contributed by atoms with Crippen molar-refractivity contribution in [3.63, 3.8) is 0 Å². The molecule has 0 bridgehead atoms. The van der Waals surface area contributed by atoms with Crippen LogP contribution in [0.3, 0.4) is 0 Å². The Balaban J connectivity index is 2.16. The van der Waals surface area contributed by atoms with E-state index >= 15 is 0 Å². The van der Waals surface area contributed by atoms with Crippen molar-refractivity contribution in [3.8, 4) is 11.3 Å². The van der Waals surface area contributed by atoms with Crippen molar-refractivity contribution in [2.75, 3.05) is 0 Å². The predicted molar refractivity (Wildman–Crippen MR) is 105 cm³/mol. The number of carboxylic acid groups (broad SMARTS) is 1. The van der Waals surface area contributed by atoms with Crippen LogP contribution in [0.1, 0.15) is 55.7 Å². The van der Waals surface area contributed by atoms with Gasteiger partial charge in [0.1, 0.15) is 5.69 Å². The number of rotatable bonds is 8. The Hall–Kier alpha value is -2.56. The maximum absolute atomic E-state index is 11.7. The molecule has 0 unspecified atom stereocenters. The molecule has 3 aromatic rings. The van der Waals surface area contributed by atoms with Crippen molar-refractivity contribution in [3.05, 3.63) is 41.7 Å². The normalized spacial score (nSPS) is 11.3. The number of para-hydroxylation sites is 1. The minimum atomic E-state index is -0.924. The van der Waals surface area contributed by atoms with E-state index in [9.17, 15) is 9.90 Å². The Morgan fingerprint density at radius 2 is 1.81 bits per heavy atom. The quantitative estimate of drug-likeness (QED) is 0.612. The maximum Gasteiger partial charge on any atom is 0.354 e. The molecular weight excluding hydrogens is 326 g/mol. The number of fused-ring (bicyclic) bond motifs is 1. The van der Waals surface area contributed by atoms with Crippen molar-refractivity contribution in [2.24, 2.45) is 0 Å². The molecule has 2 heterocycles. The third-order valence-electron chi connectivity index (χ3n) is 4.94. The highest BCUT2D eigenvalue weighted by Gasteiger charge is 2.21. The molecule has 2 aromatic heterocycles. The summed E-state index contributed by atoms with van der Waals surface area (Å²) in [5, 5.41) is 15.4. The molecule has 0 amide bonds. The predicted octanol–water partition coefficient (Wildman–Crippen LogP) is 5.11. The molecule has 0 atom stereocenters. The van der Waals surface area contributed by atoms with E-state index in [1.165, 1.54) is 5.52 Å². The molecule has 0 spiro atoms. The van der Waals surface area contributed by atoms with Gasteiger partial charge in [-0.1, -0.05) is 44.9 Å². The lowest BCUT2D eigenvalue weighted by atomic mass is 10.1. The Labute approximate surface area is 154 Å². The highest BCUT2D eigenvalue weighted by Crippen LogP contribution is 2.34. The third-order valence-corrected chi connectivity index (χ3v) is 4.94. The number of hydrogen-bond donors (Lipinski definition) is 1. The van der Waals surface area contributed by atoms with Gasteiger partial charge in [-0.2, -0.15) is 5.10 Å². The molecular formula is C21H27N3O2. The number of hydrogen-bond acceptors (Lipinski definition) is 2. The first-order chi connectivity index (χ1) is 12.6. The van der Waals surface area contributed by atoms with Gasteiger partial charge in [0.05, 0.1) is 5.69 Å². The van der Waals surface area contributed by atoms with E-state index in [4.69, 9.17) is 0 Å². The molecule has 26 heavy (non-hydrogen) atoms. The van der Waals surface area contributed by atoms with Gasteiger partial charge in [-0.25, -0.2) is 4.79 Å². The van der Waals surface area contributed by atoms with Crippen molar-refractivity contribution < 1.29 is 9.90 Å². The monoisotopic (exact) mass is 353 g/mol. The standard InChI is InChI=1S/C21H27N3O2/c1-4-6-12-23-15(3)20(16-10-8-9-11-18(16)23)17-14-19(21(25)26)24(22-17)13-7-5-2/h8-11,14H,4-7,12-13H2,1-3H3,(H,25,26). The van der Waals surface area contributed by atoms with Crippen molar-refractivity contribution in [1.82, 2.24) is 14.3 Å². The number of benzene rings is 1. The summed E-state index contributed by atoms with van der Waals surface area (Å²) in [6, 6.07) is 10.0. The minimum Gasteiger partial charge on any atom is -0.477 e. The van der Waals surface area contributed by atoms with Crippen molar-refractivity contribution in [1.29, 1.82) is 0 Å². The Morgan fingerprint density at radius 3 is 2.50 bits per heavy atom. The molecule has 0 aliphatic heterocycles. The fourth-order valence-corrected chi connectivity index (χ4v) is 3.55. The Morgan fingerprint density at radius 1 is 1.12 bits per heavy atom. The van der Waals surface area contributed by atoms with E-state index < -0.39 is 5.97 Å². The molecule has 0 aliphatic rings. The summed E-state index contributed by atoms with van der Waals surface area (Å²) < 4.78 is 3.97. The summed E-state index contributed by atoms with van der Waals surface area (Å²) in [6.07, 6.45) is 4.17. The fourth-order valence-electron chi connectivity index (χ4n) is 3.55. The topological polar surface area (TPSA) is 60.0 Å². The van der Waals surface area contributed by atoms with Crippen LogP contribution < -0.4 is 0 Å². The first-order valence-electron chi connectivity index (χ1n) is 9.47. The van der Waals surface area contributed by atoms with Crippen LogP contribution >= 0.6 is 0 Å². The van der Waals surface area contributed by atoms with Crippen LogP contribution in [0.25, 0.3) is 22.2 Å². The van der Waals surface area contributed by atoms with Crippen LogP contribution in [0, 0.1) is 6.92 Å². The van der Waals surface area contributed by atoms with Crippen molar-refractivity contribution >= 4 is 16.9 Å². The van der Waals surface area contributed by atoms with Gasteiger partial charge in [-0.15, -0.1) is 0 Å². The van der Waals surface area contributed by atoms with Crippen LogP contribution in [-0.4, -0.2) is 25.4 Å². The fraction of sp³-hybridized carbons (Fsp3) is 0.429. The van der Waals surface area contributed by atoms with Gasteiger partial charge in [0.15, 0.2) is 0 Å². The van der Waals surface area contributed by atoms with Gasteiger partial charge in [0.2, 0.25) is 0 Å². The zero-order valence-electron chi connectivity index (χ0n) is 15.8. The number of carboxylic acids is 1. The van der Waals surface area contributed by atoms with E-state index in [1.807, 2.05) is 6.07 Å². The molecule has 1 N–H and O–H groups in total. The summed E-state index contributed by atoms with van der Waals surface area (Å²) in [7, 11) is 0. The van der Waals surface area contributed by atoms with Crippen LogP contribution in [0.5, 0.6) is 0 Å². The van der Waals surface area contributed by atoms with Crippen LogP contribution in [0.4, 0.5) is 0 Å². The Bertz CT molecular complexity index is 921. The number of carbonyl (C=O) groups is 1. The van der Waals surface area contributed by atoms with E-state index in [0.29, 0.717) is 6.54 Å². The SMILES string of the molecule is CCCCn1nc(-c2c(C)n(CCCC)c3ccccc23)cc1C(=O)O. The van der Waals surface area contributed by atoms with E-state index in [1.54, 1.807) is 10.7 Å².